The van der Waals surface area contributed by atoms with Gasteiger partial charge in [0.1, 0.15) is 22.8 Å². The van der Waals surface area contributed by atoms with Crippen LogP contribution in [0.3, 0.4) is 0 Å². The highest BCUT2D eigenvalue weighted by atomic mass is 35.7. The molecule has 23 heavy (non-hydrogen) atoms. The van der Waals surface area contributed by atoms with Crippen molar-refractivity contribution >= 4 is 25.8 Å². The van der Waals surface area contributed by atoms with E-state index in [0.717, 1.165) is 0 Å². The summed E-state index contributed by atoms with van der Waals surface area (Å²) >= 11 is 0. The molecule has 0 fully saturated rings. The smallest absolute Gasteiger partial charge is 0.410 e. The SMILES string of the molecule is CC(C)(C)OC(=O)N1Cc2c(CS(=O)(=O)Cl)noc2C(C)(C)C1. The normalized spacial score (nSPS) is 17.7. The third-order valence-corrected chi connectivity index (χ3v) is 4.33. The van der Waals surface area contributed by atoms with Crippen LogP contribution in [0.4, 0.5) is 4.79 Å². The van der Waals surface area contributed by atoms with E-state index in [4.69, 9.17) is 19.9 Å². The number of amides is 1. The lowest BCUT2D eigenvalue weighted by molar-refractivity contribution is 0.0158. The maximum Gasteiger partial charge on any atom is 0.410 e. The Balaban J connectivity index is 2.33. The number of nitrogens with zero attached hydrogens (tertiary/aromatic N) is 2. The fraction of sp³-hybridized carbons (Fsp3) is 0.714. The van der Waals surface area contributed by atoms with Gasteiger partial charge in [0.15, 0.2) is 0 Å². The second-order valence-electron chi connectivity index (χ2n) is 7.34. The van der Waals surface area contributed by atoms with E-state index in [1.54, 1.807) is 20.8 Å². The van der Waals surface area contributed by atoms with Crippen LogP contribution in [-0.4, -0.2) is 36.7 Å². The average molecular weight is 365 g/mol. The number of hydrogen-bond donors (Lipinski definition) is 0. The molecule has 0 radical (unpaired) electrons. The van der Waals surface area contributed by atoms with Crippen LogP contribution in [0.1, 0.15) is 51.6 Å². The molecule has 7 nitrogen and oxygen atoms in total. The minimum absolute atomic E-state index is 0.179. The Labute approximate surface area is 140 Å². The molecular weight excluding hydrogens is 344 g/mol. The summed E-state index contributed by atoms with van der Waals surface area (Å²) in [5.74, 6) is 0.138. The maximum atomic E-state index is 12.3. The van der Waals surface area contributed by atoms with Gasteiger partial charge in [-0.05, 0) is 20.8 Å². The number of fused-ring (bicyclic) bond motifs is 1. The number of rotatable bonds is 2. The van der Waals surface area contributed by atoms with E-state index >= 15 is 0 Å². The fourth-order valence-electron chi connectivity index (χ4n) is 2.57. The number of ether oxygens (including phenoxy) is 1. The fourth-order valence-corrected chi connectivity index (χ4v) is 3.43. The molecule has 1 aromatic heterocycles. The number of hydrogen-bond acceptors (Lipinski definition) is 6. The van der Waals surface area contributed by atoms with E-state index in [1.165, 1.54) is 4.90 Å². The van der Waals surface area contributed by atoms with E-state index in [-0.39, 0.29) is 12.2 Å². The molecule has 0 spiro atoms. The third-order valence-electron chi connectivity index (χ3n) is 3.38. The van der Waals surface area contributed by atoms with Crippen molar-refractivity contribution in [2.75, 3.05) is 6.54 Å². The molecule has 1 amide bonds. The largest absolute Gasteiger partial charge is 0.444 e. The van der Waals surface area contributed by atoms with E-state index in [0.29, 0.717) is 17.9 Å². The Hall–Kier alpha value is -1.28. The molecule has 0 aliphatic carbocycles. The van der Waals surface area contributed by atoms with E-state index in [2.05, 4.69) is 5.16 Å². The molecule has 1 aliphatic heterocycles. The van der Waals surface area contributed by atoms with Crippen LogP contribution in [0.5, 0.6) is 0 Å². The van der Waals surface area contributed by atoms with Crippen molar-refractivity contribution in [1.29, 1.82) is 0 Å². The summed E-state index contributed by atoms with van der Waals surface area (Å²) < 4.78 is 33.4. The summed E-state index contributed by atoms with van der Waals surface area (Å²) in [4.78, 5) is 13.9. The Kier molecular flexibility index (Phi) is 4.45. The van der Waals surface area contributed by atoms with Crippen LogP contribution in [0.25, 0.3) is 0 Å². The van der Waals surface area contributed by atoms with Gasteiger partial charge in [0.2, 0.25) is 9.05 Å². The Morgan fingerprint density at radius 1 is 1.43 bits per heavy atom. The molecule has 0 atom stereocenters. The highest BCUT2D eigenvalue weighted by Crippen LogP contribution is 2.36. The number of carbonyl (C=O) groups is 1. The van der Waals surface area contributed by atoms with Crippen molar-refractivity contribution in [3.63, 3.8) is 0 Å². The predicted molar refractivity (Wildman–Crippen MR) is 84.6 cm³/mol. The van der Waals surface area contributed by atoms with Crippen LogP contribution < -0.4 is 0 Å². The van der Waals surface area contributed by atoms with Crippen molar-refractivity contribution in [3.8, 4) is 0 Å². The molecule has 0 bridgehead atoms. The molecule has 2 rings (SSSR count). The van der Waals surface area contributed by atoms with Crippen LogP contribution in [-0.2, 0) is 31.5 Å². The van der Waals surface area contributed by atoms with Crippen molar-refractivity contribution in [2.45, 2.75) is 57.9 Å². The minimum Gasteiger partial charge on any atom is -0.444 e. The van der Waals surface area contributed by atoms with Gasteiger partial charge < -0.3 is 14.2 Å². The molecule has 0 saturated heterocycles. The van der Waals surface area contributed by atoms with Gasteiger partial charge in [0, 0.05) is 28.2 Å². The highest BCUT2D eigenvalue weighted by molar-refractivity contribution is 8.13. The van der Waals surface area contributed by atoms with Crippen LogP contribution >= 0.6 is 10.7 Å². The van der Waals surface area contributed by atoms with E-state index in [9.17, 15) is 13.2 Å². The Bertz CT molecular complexity index is 718. The van der Waals surface area contributed by atoms with Gasteiger partial charge in [-0.1, -0.05) is 19.0 Å². The standard InChI is InChI=1S/C14H21ClN2O5S/c1-13(2,3)21-12(18)17-6-9-10(7-23(15,19)20)16-22-11(9)14(4,5)8-17/h6-8H2,1-5H3. The van der Waals surface area contributed by atoms with Gasteiger partial charge in [-0.25, -0.2) is 13.2 Å². The van der Waals surface area contributed by atoms with Gasteiger partial charge >= 0.3 is 6.09 Å². The lowest BCUT2D eigenvalue weighted by atomic mass is 9.83. The molecule has 130 valence electrons. The van der Waals surface area contributed by atoms with Gasteiger partial charge in [0.25, 0.3) is 0 Å². The quantitative estimate of drug-likeness (QED) is 0.749. The molecule has 2 heterocycles. The summed E-state index contributed by atoms with van der Waals surface area (Å²) in [6, 6.07) is 0. The topological polar surface area (TPSA) is 89.7 Å². The van der Waals surface area contributed by atoms with Crippen molar-refractivity contribution in [1.82, 2.24) is 10.1 Å². The van der Waals surface area contributed by atoms with Gasteiger partial charge in [-0.15, -0.1) is 0 Å². The van der Waals surface area contributed by atoms with Crippen LogP contribution in [0, 0.1) is 0 Å². The van der Waals surface area contributed by atoms with E-state index in [1.807, 2.05) is 13.8 Å². The van der Waals surface area contributed by atoms with Crippen molar-refractivity contribution in [3.05, 3.63) is 17.0 Å². The van der Waals surface area contributed by atoms with Gasteiger partial charge in [-0.2, -0.15) is 0 Å². The first-order valence-electron chi connectivity index (χ1n) is 7.17. The summed E-state index contributed by atoms with van der Waals surface area (Å²) in [5.41, 5.74) is -0.308. The molecule has 1 aliphatic rings. The zero-order valence-electron chi connectivity index (χ0n) is 13.8. The second-order valence-corrected chi connectivity index (χ2v) is 10.1. The van der Waals surface area contributed by atoms with Crippen molar-refractivity contribution in [2.24, 2.45) is 0 Å². The molecule has 0 N–H and O–H groups in total. The number of aromatic nitrogens is 1. The summed E-state index contributed by atoms with van der Waals surface area (Å²) in [7, 11) is 1.54. The predicted octanol–water partition coefficient (Wildman–Crippen LogP) is 2.77. The lowest BCUT2D eigenvalue weighted by Crippen LogP contribution is -2.46. The van der Waals surface area contributed by atoms with Crippen LogP contribution in [0.2, 0.25) is 0 Å². The lowest BCUT2D eigenvalue weighted by Gasteiger charge is -2.37. The molecule has 1 aromatic rings. The minimum atomic E-state index is -3.77. The van der Waals surface area contributed by atoms with Gasteiger partial charge in [0.05, 0.1) is 6.54 Å². The Morgan fingerprint density at radius 3 is 2.57 bits per heavy atom. The summed E-state index contributed by atoms with van der Waals surface area (Å²) in [5, 5.41) is 3.83. The Morgan fingerprint density at radius 2 is 2.04 bits per heavy atom. The molecule has 0 unspecified atom stereocenters. The zero-order valence-corrected chi connectivity index (χ0v) is 15.4. The monoisotopic (exact) mass is 364 g/mol. The highest BCUT2D eigenvalue weighted by Gasteiger charge is 2.41. The third kappa shape index (κ3) is 4.38. The maximum absolute atomic E-state index is 12.3. The first-order chi connectivity index (χ1) is 10.3. The second kappa shape index (κ2) is 5.66. The molecular formula is C14H21ClN2O5S. The summed E-state index contributed by atoms with van der Waals surface area (Å²) in [6.07, 6.45) is -0.461. The van der Waals surface area contributed by atoms with Gasteiger partial charge in [-0.3, -0.25) is 0 Å². The first kappa shape index (κ1) is 18.1. The summed E-state index contributed by atoms with van der Waals surface area (Å²) in [6.45, 7) is 9.72. The van der Waals surface area contributed by atoms with Crippen LogP contribution in [0.15, 0.2) is 4.52 Å². The molecule has 9 heteroatoms. The molecule has 0 saturated carbocycles. The molecule has 0 aromatic carbocycles. The number of carbonyl (C=O) groups excluding carboxylic acids is 1. The zero-order chi connectivity index (χ0) is 17.6. The first-order valence-corrected chi connectivity index (χ1v) is 9.64. The average Bonchev–Trinajstić information content (AvgIpc) is 2.68. The number of halogens is 1. The van der Waals surface area contributed by atoms with Crippen molar-refractivity contribution < 1.29 is 22.5 Å². The van der Waals surface area contributed by atoms with E-state index < -0.39 is 31.9 Å².